The molecule has 1 amide bonds. The van der Waals surface area contributed by atoms with Crippen LogP contribution in [0, 0.1) is 13.8 Å². The SMILES string of the molecule is CCCCCOC(=O)N1C2CCC1CC(Oc1ncnc(Oc3cccnc3C)c1C)C2. The molecule has 2 saturated heterocycles. The third kappa shape index (κ3) is 4.95. The van der Waals surface area contributed by atoms with E-state index < -0.39 is 0 Å². The Morgan fingerprint density at radius 3 is 2.56 bits per heavy atom. The van der Waals surface area contributed by atoms with Gasteiger partial charge in [-0.2, -0.15) is 0 Å². The number of piperidine rings is 1. The molecule has 2 unspecified atom stereocenters. The molecule has 32 heavy (non-hydrogen) atoms. The van der Waals surface area contributed by atoms with Crippen LogP contribution in [0.3, 0.4) is 0 Å². The van der Waals surface area contributed by atoms with Crippen LogP contribution in [-0.2, 0) is 4.74 Å². The number of hydrogen-bond acceptors (Lipinski definition) is 7. The van der Waals surface area contributed by atoms with E-state index in [9.17, 15) is 4.79 Å². The molecule has 2 aromatic heterocycles. The molecule has 0 N–H and O–H groups in total. The normalized spacial score (nSPS) is 22.0. The summed E-state index contributed by atoms with van der Waals surface area (Å²) in [6.07, 6.45) is 9.68. The molecule has 0 radical (unpaired) electrons. The minimum Gasteiger partial charge on any atom is -0.474 e. The maximum Gasteiger partial charge on any atom is 0.410 e. The molecule has 0 aromatic carbocycles. The lowest BCUT2D eigenvalue weighted by Crippen LogP contribution is -2.49. The van der Waals surface area contributed by atoms with Gasteiger partial charge in [-0.25, -0.2) is 14.8 Å². The molecule has 0 spiro atoms. The Balaban J connectivity index is 1.38. The Kier molecular flexibility index (Phi) is 7.07. The maximum atomic E-state index is 12.6. The molecule has 172 valence electrons. The van der Waals surface area contributed by atoms with Crippen molar-refractivity contribution >= 4 is 6.09 Å². The van der Waals surface area contributed by atoms with Crippen molar-refractivity contribution in [3.8, 4) is 17.5 Å². The van der Waals surface area contributed by atoms with Crippen molar-refractivity contribution in [1.82, 2.24) is 19.9 Å². The molecule has 8 nitrogen and oxygen atoms in total. The summed E-state index contributed by atoms with van der Waals surface area (Å²) in [7, 11) is 0. The highest BCUT2D eigenvalue weighted by Crippen LogP contribution is 2.38. The highest BCUT2D eigenvalue weighted by molar-refractivity contribution is 5.69. The Bertz CT molecular complexity index is 924. The number of carbonyl (C=O) groups is 1. The smallest absolute Gasteiger partial charge is 0.410 e. The molecular weight excluding hydrogens is 408 g/mol. The zero-order valence-electron chi connectivity index (χ0n) is 19.1. The number of nitrogens with zero attached hydrogens (tertiary/aromatic N) is 4. The van der Waals surface area contributed by atoms with Crippen molar-refractivity contribution in [2.24, 2.45) is 0 Å². The summed E-state index contributed by atoms with van der Waals surface area (Å²) in [6.45, 7) is 6.43. The summed E-state index contributed by atoms with van der Waals surface area (Å²) in [5, 5.41) is 0. The fourth-order valence-corrected chi connectivity index (χ4v) is 4.59. The van der Waals surface area contributed by atoms with Gasteiger partial charge in [0.15, 0.2) is 5.75 Å². The number of unbranched alkanes of at least 4 members (excludes halogenated alkanes) is 2. The van der Waals surface area contributed by atoms with Crippen LogP contribution < -0.4 is 9.47 Å². The van der Waals surface area contributed by atoms with E-state index in [1.54, 1.807) is 6.20 Å². The second-order valence-corrected chi connectivity index (χ2v) is 8.62. The lowest BCUT2D eigenvalue weighted by atomic mass is 10.0. The van der Waals surface area contributed by atoms with Gasteiger partial charge < -0.3 is 19.1 Å². The first kappa shape index (κ1) is 22.3. The first-order valence-electron chi connectivity index (χ1n) is 11.6. The average molecular weight is 441 g/mol. The molecule has 2 aromatic rings. The standard InChI is InChI=1S/C24H32N4O4/c1-4-5-6-12-30-24(29)28-18-9-10-19(28)14-20(13-18)31-22-16(2)23(27-15-26-22)32-21-8-7-11-25-17(21)3/h7-8,11,15,18-20H,4-6,9-10,12-14H2,1-3H3. The third-order valence-corrected chi connectivity index (χ3v) is 6.31. The topological polar surface area (TPSA) is 86.7 Å². The van der Waals surface area contributed by atoms with Gasteiger partial charge in [-0.1, -0.05) is 19.8 Å². The zero-order chi connectivity index (χ0) is 22.5. The Morgan fingerprint density at radius 2 is 1.84 bits per heavy atom. The van der Waals surface area contributed by atoms with Crippen LogP contribution in [0.15, 0.2) is 24.7 Å². The highest BCUT2D eigenvalue weighted by atomic mass is 16.6. The van der Waals surface area contributed by atoms with Gasteiger partial charge in [-0.3, -0.25) is 4.98 Å². The van der Waals surface area contributed by atoms with Crippen LogP contribution in [0.4, 0.5) is 4.79 Å². The lowest BCUT2D eigenvalue weighted by molar-refractivity contribution is 0.0311. The molecule has 0 aliphatic carbocycles. The van der Waals surface area contributed by atoms with Crippen molar-refractivity contribution in [3.05, 3.63) is 35.9 Å². The minimum absolute atomic E-state index is 0.00165. The highest BCUT2D eigenvalue weighted by Gasteiger charge is 2.45. The van der Waals surface area contributed by atoms with Gasteiger partial charge in [0.1, 0.15) is 12.4 Å². The van der Waals surface area contributed by atoms with Crippen molar-refractivity contribution in [2.75, 3.05) is 6.61 Å². The monoisotopic (exact) mass is 440 g/mol. The molecule has 2 aliphatic heterocycles. The molecule has 4 heterocycles. The van der Waals surface area contributed by atoms with Crippen LogP contribution in [-0.4, -0.2) is 50.7 Å². The van der Waals surface area contributed by atoms with E-state index in [4.69, 9.17) is 14.2 Å². The number of hydrogen-bond donors (Lipinski definition) is 0. The molecule has 0 saturated carbocycles. The molecular formula is C24H32N4O4. The van der Waals surface area contributed by atoms with E-state index in [0.717, 1.165) is 56.2 Å². The maximum absolute atomic E-state index is 12.6. The van der Waals surface area contributed by atoms with Crippen molar-refractivity contribution in [1.29, 1.82) is 0 Å². The fourth-order valence-electron chi connectivity index (χ4n) is 4.59. The number of ether oxygens (including phenoxy) is 3. The van der Waals surface area contributed by atoms with Crippen LogP contribution in [0.25, 0.3) is 0 Å². The van der Waals surface area contributed by atoms with Crippen LogP contribution in [0.1, 0.15) is 63.1 Å². The number of aryl methyl sites for hydroxylation is 1. The van der Waals surface area contributed by atoms with Gasteiger partial charge in [0, 0.05) is 31.1 Å². The number of carbonyl (C=O) groups excluding carboxylic acids is 1. The largest absolute Gasteiger partial charge is 0.474 e. The summed E-state index contributed by atoms with van der Waals surface area (Å²) < 4.78 is 17.8. The summed E-state index contributed by atoms with van der Waals surface area (Å²) in [6, 6.07) is 4.01. The van der Waals surface area contributed by atoms with E-state index in [2.05, 4.69) is 21.9 Å². The number of rotatable bonds is 8. The number of pyridine rings is 1. The first-order chi connectivity index (χ1) is 15.6. The van der Waals surface area contributed by atoms with E-state index >= 15 is 0 Å². The zero-order valence-corrected chi connectivity index (χ0v) is 19.1. The van der Waals surface area contributed by atoms with E-state index in [1.807, 2.05) is 30.9 Å². The number of amides is 1. The van der Waals surface area contributed by atoms with Gasteiger partial charge in [0.2, 0.25) is 11.8 Å². The minimum atomic E-state index is -0.173. The first-order valence-corrected chi connectivity index (χ1v) is 11.6. The Morgan fingerprint density at radius 1 is 1.09 bits per heavy atom. The molecule has 8 heteroatoms. The molecule has 2 atom stereocenters. The van der Waals surface area contributed by atoms with Crippen LogP contribution >= 0.6 is 0 Å². The van der Waals surface area contributed by atoms with E-state index in [0.29, 0.717) is 24.1 Å². The quantitative estimate of drug-likeness (QED) is 0.535. The van der Waals surface area contributed by atoms with Crippen molar-refractivity contribution in [3.63, 3.8) is 0 Å². The second kappa shape index (κ2) is 10.1. The Hall–Kier alpha value is -2.90. The fraction of sp³-hybridized carbons (Fsp3) is 0.583. The predicted molar refractivity (Wildman–Crippen MR) is 119 cm³/mol. The molecule has 2 bridgehead atoms. The number of aromatic nitrogens is 3. The van der Waals surface area contributed by atoms with E-state index in [-0.39, 0.29) is 24.3 Å². The summed E-state index contributed by atoms with van der Waals surface area (Å²) in [5.41, 5.74) is 1.54. The predicted octanol–water partition coefficient (Wildman–Crippen LogP) is 4.98. The Labute approximate surface area is 189 Å². The van der Waals surface area contributed by atoms with Gasteiger partial charge in [0.05, 0.1) is 17.9 Å². The summed E-state index contributed by atoms with van der Waals surface area (Å²) >= 11 is 0. The molecule has 2 fully saturated rings. The average Bonchev–Trinajstić information content (AvgIpc) is 3.06. The van der Waals surface area contributed by atoms with Gasteiger partial charge in [-0.15, -0.1) is 0 Å². The number of fused-ring (bicyclic) bond motifs is 2. The third-order valence-electron chi connectivity index (χ3n) is 6.31. The second-order valence-electron chi connectivity index (χ2n) is 8.62. The van der Waals surface area contributed by atoms with Crippen LogP contribution in [0.2, 0.25) is 0 Å². The van der Waals surface area contributed by atoms with Gasteiger partial charge >= 0.3 is 6.09 Å². The summed E-state index contributed by atoms with van der Waals surface area (Å²) in [5.74, 6) is 1.64. The van der Waals surface area contributed by atoms with Gasteiger partial charge in [-0.05, 0) is 45.2 Å². The van der Waals surface area contributed by atoms with E-state index in [1.165, 1.54) is 6.33 Å². The van der Waals surface area contributed by atoms with Gasteiger partial charge in [0.25, 0.3) is 0 Å². The summed E-state index contributed by atoms with van der Waals surface area (Å²) in [4.78, 5) is 27.4. The van der Waals surface area contributed by atoms with Crippen molar-refractivity contribution in [2.45, 2.75) is 83.9 Å². The van der Waals surface area contributed by atoms with Crippen LogP contribution in [0.5, 0.6) is 17.5 Å². The lowest BCUT2D eigenvalue weighted by Gasteiger charge is -2.38. The molecule has 2 aliphatic rings. The van der Waals surface area contributed by atoms with Crippen molar-refractivity contribution < 1.29 is 19.0 Å². The molecule has 4 rings (SSSR count).